The van der Waals surface area contributed by atoms with Crippen molar-refractivity contribution in [3.63, 3.8) is 0 Å². The summed E-state index contributed by atoms with van der Waals surface area (Å²) in [6.45, 7) is 3.23. The lowest BCUT2D eigenvalue weighted by Gasteiger charge is -2.36. The molecule has 0 atom stereocenters. The van der Waals surface area contributed by atoms with Crippen molar-refractivity contribution in [2.24, 2.45) is 0 Å². The molecule has 3 rings (SSSR count). The van der Waals surface area contributed by atoms with Gasteiger partial charge in [0.15, 0.2) is 0 Å². The number of rotatable bonds is 4. The van der Waals surface area contributed by atoms with Crippen LogP contribution in [0.2, 0.25) is 10.0 Å². The Balaban J connectivity index is 1.45. The normalized spacial score (nSPS) is 14.4. The van der Waals surface area contributed by atoms with Crippen molar-refractivity contribution in [1.82, 2.24) is 10.2 Å². The quantitative estimate of drug-likeness (QED) is 0.841. The molecule has 0 aliphatic carbocycles. The molecule has 1 aliphatic heterocycles. The Labute approximate surface area is 162 Å². The first-order valence-electron chi connectivity index (χ1n) is 8.49. The monoisotopic (exact) mass is 395 g/mol. The second-order valence-electron chi connectivity index (χ2n) is 6.21. The van der Waals surface area contributed by atoms with E-state index in [0.717, 1.165) is 24.3 Å². The number of carbonyl (C=O) groups excluding carboxylic acids is 1. The van der Waals surface area contributed by atoms with Crippen LogP contribution < -0.4 is 10.2 Å². The third kappa shape index (κ3) is 5.02. The van der Waals surface area contributed by atoms with Crippen molar-refractivity contribution < 1.29 is 9.18 Å². The molecule has 2 aromatic carbocycles. The molecular weight excluding hydrogens is 376 g/mol. The van der Waals surface area contributed by atoms with E-state index in [1.54, 1.807) is 23.1 Å². The standard InChI is InChI=1S/C19H20Cl2FN3O/c20-15-11-16(21)13-18(12-15)24-7-9-25(10-8-24)19(26)23-6-5-14-1-3-17(22)4-2-14/h1-4,11-13H,5-10H2,(H,23,26). The Morgan fingerprint density at radius 1 is 1.00 bits per heavy atom. The summed E-state index contributed by atoms with van der Waals surface area (Å²) in [4.78, 5) is 16.3. The van der Waals surface area contributed by atoms with E-state index in [4.69, 9.17) is 23.2 Å². The Bertz CT molecular complexity index is 742. The van der Waals surface area contributed by atoms with E-state index in [1.165, 1.54) is 12.1 Å². The van der Waals surface area contributed by atoms with Crippen LogP contribution >= 0.6 is 23.2 Å². The molecular formula is C19H20Cl2FN3O. The fraction of sp³-hybridized carbons (Fsp3) is 0.316. The number of benzene rings is 2. The molecule has 7 heteroatoms. The first kappa shape index (κ1) is 18.8. The van der Waals surface area contributed by atoms with Crippen molar-refractivity contribution in [1.29, 1.82) is 0 Å². The third-order valence-electron chi connectivity index (χ3n) is 4.38. The summed E-state index contributed by atoms with van der Waals surface area (Å²) in [5.74, 6) is -0.253. The molecule has 138 valence electrons. The first-order valence-corrected chi connectivity index (χ1v) is 9.25. The van der Waals surface area contributed by atoms with E-state index in [9.17, 15) is 9.18 Å². The molecule has 4 nitrogen and oxygen atoms in total. The lowest BCUT2D eigenvalue weighted by molar-refractivity contribution is 0.194. The van der Waals surface area contributed by atoms with Crippen molar-refractivity contribution in [3.8, 4) is 0 Å². The number of nitrogens with zero attached hydrogens (tertiary/aromatic N) is 2. The highest BCUT2D eigenvalue weighted by molar-refractivity contribution is 6.35. The van der Waals surface area contributed by atoms with Gasteiger partial charge in [0.25, 0.3) is 0 Å². The number of carbonyl (C=O) groups is 1. The highest BCUT2D eigenvalue weighted by atomic mass is 35.5. The number of urea groups is 1. The minimum Gasteiger partial charge on any atom is -0.368 e. The average Bonchev–Trinajstić information content (AvgIpc) is 2.62. The maximum absolute atomic E-state index is 12.9. The third-order valence-corrected chi connectivity index (χ3v) is 4.82. The summed E-state index contributed by atoms with van der Waals surface area (Å²) in [6, 6.07) is 11.7. The van der Waals surface area contributed by atoms with Crippen LogP contribution in [0.25, 0.3) is 0 Å². The van der Waals surface area contributed by atoms with E-state index in [-0.39, 0.29) is 11.8 Å². The summed E-state index contributed by atoms with van der Waals surface area (Å²) < 4.78 is 12.9. The van der Waals surface area contributed by atoms with Gasteiger partial charge in [-0.05, 0) is 42.3 Å². The molecule has 26 heavy (non-hydrogen) atoms. The molecule has 0 aromatic heterocycles. The number of amides is 2. The van der Waals surface area contributed by atoms with E-state index < -0.39 is 0 Å². The molecule has 0 radical (unpaired) electrons. The number of hydrogen-bond donors (Lipinski definition) is 1. The fourth-order valence-electron chi connectivity index (χ4n) is 2.97. The molecule has 1 fully saturated rings. The predicted octanol–water partition coefficient (Wildman–Crippen LogP) is 4.21. The summed E-state index contributed by atoms with van der Waals surface area (Å²) in [6.07, 6.45) is 0.674. The number of nitrogens with one attached hydrogen (secondary N) is 1. The van der Waals surface area contributed by atoms with E-state index in [2.05, 4.69) is 10.2 Å². The highest BCUT2D eigenvalue weighted by Crippen LogP contribution is 2.26. The second kappa shape index (κ2) is 8.60. The van der Waals surface area contributed by atoms with Crippen molar-refractivity contribution in [2.75, 3.05) is 37.6 Å². The summed E-state index contributed by atoms with van der Waals surface area (Å²) >= 11 is 12.1. The Morgan fingerprint density at radius 3 is 2.23 bits per heavy atom. The average molecular weight is 396 g/mol. The molecule has 0 spiro atoms. The van der Waals surface area contributed by atoms with Crippen LogP contribution in [0, 0.1) is 5.82 Å². The van der Waals surface area contributed by atoms with Crippen molar-refractivity contribution in [3.05, 3.63) is 63.9 Å². The number of anilines is 1. The summed E-state index contributed by atoms with van der Waals surface area (Å²) in [7, 11) is 0. The van der Waals surface area contributed by atoms with Gasteiger partial charge in [0, 0.05) is 48.5 Å². The number of piperazine rings is 1. The van der Waals surface area contributed by atoms with Gasteiger partial charge in [-0.25, -0.2) is 9.18 Å². The Hall–Kier alpha value is -1.98. The summed E-state index contributed by atoms with van der Waals surface area (Å²) in [5, 5.41) is 4.13. The van der Waals surface area contributed by atoms with E-state index in [1.807, 2.05) is 12.1 Å². The largest absolute Gasteiger partial charge is 0.368 e. The predicted molar refractivity (Wildman–Crippen MR) is 104 cm³/mol. The second-order valence-corrected chi connectivity index (χ2v) is 7.08. The van der Waals surface area contributed by atoms with E-state index >= 15 is 0 Å². The molecule has 1 heterocycles. The summed E-state index contributed by atoms with van der Waals surface area (Å²) in [5.41, 5.74) is 1.97. The number of halogens is 3. The lowest BCUT2D eigenvalue weighted by atomic mass is 10.1. The zero-order chi connectivity index (χ0) is 18.5. The number of hydrogen-bond acceptors (Lipinski definition) is 2. The van der Waals surface area contributed by atoms with Gasteiger partial charge in [-0.3, -0.25) is 0 Å². The van der Waals surface area contributed by atoms with Crippen LogP contribution in [0.4, 0.5) is 14.9 Å². The lowest BCUT2D eigenvalue weighted by Crippen LogP contribution is -2.52. The van der Waals surface area contributed by atoms with Crippen LogP contribution in [-0.2, 0) is 6.42 Å². The zero-order valence-corrected chi connectivity index (χ0v) is 15.7. The van der Waals surface area contributed by atoms with Gasteiger partial charge in [-0.1, -0.05) is 35.3 Å². The maximum atomic E-state index is 12.9. The van der Waals surface area contributed by atoms with Crippen molar-refractivity contribution in [2.45, 2.75) is 6.42 Å². The van der Waals surface area contributed by atoms with Gasteiger partial charge in [-0.2, -0.15) is 0 Å². The van der Waals surface area contributed by atoms with Gasteiger partial charge in [0.05, 0.1) is 0 Å². The highest BCUT2D eigenvalue weighted by Gasteiger charge is 2.21. The fourth-order valence-corrected chi connectivity index (χ4v) is 3.48. The Morgan fingerprint density at radius 2 is 1.62 bits per heavy atom. The van der Waals surface area contributed by atoms with Crippen LogP contribution in [0.5, 0.6) is 0 Å². The van der Waals surface area contributed by atoms with Gasteiger partial charge >= 0.3 is 6.03 Å². The first-order chi connectivity index (χ1) is 12.5. The van der Waals surface area contributed by atoms with Gasteiger partial charge in [0.1, 0.15) is 5.82 Å². The molecule has 0 bridgehead atoms. The van der Waals surface area contributed by atoms with Crippen LogP contribution in [-0.4, -0.2) is 43.7 Å². The molecule has 0 saturated carbocycles. The SMILES string of the molecule is O=C(NCCc1ccc(F)cc1)N1CCN(c2cc(Cl)cc(Cl)c2)CC1. The van der Waals surface area contributed by atoms with Gasteiger partial charge in [0.2, 0.25) is 0 Å². The maximum Gasteiger partial charge on any atom is 0.317 e. The van der Waals surface area contributed by atoms with Crippen LogP contribution in [0.1, 0.15) is 5.56 Å². The minimum absolute atomic E-state index is 0.0733. The molecule has 1 N–H and O–H groups in total. The molecule has 0 unspecified atom stereocenters. The van der Waals surface area contributed by atoms with Crippen molar-refractivity contribution >= 4 is 34.9 Å². The minimum atomic E-state index is -0.253. The smallest absolute Gasteiger partial charge is 0.317 e. The molecule has 2 aromatic rings. The molecule has 1 saturated heterocycles. The zero-order valence-electron chi connectivity index (χ0n) is 14.2. The van der Waals surface area contributed by atoms with Gasteiger partial charge in [-0.15, -0.1) is 0 Å². The van der Waals surface area contributed by atoms with Crippen LogP contribution in [0.3, 0.4) is 0 Å². The van der Waals surface area contributed by atoms with Gasteiger partial charge < -0.3 is 15.1 Å². The topological polar surface area (TPSA) is 35.6 Å². The molecule has 1 aliphatic rings. The molecule has 2 amide bonds. The van der Waals surface area contributed by atoms with Crippen LogP contribution in [0.15, 0.2) is 42.5 Å². The Kier molecular flexibility index (Phi) is 6.22. The van der Waals surface area contributed by atoms with E-state index in [0.29, 0.717) is 36.1 Å².